The van der Waals surface area contributed by atoms with Gasteiger partial charge < -0.3 is 4.74 Å². The monoisotopic (exact) mass is 146 g/mol. The Kier molecular flexibility index (Phi) is 1.22. The Morgan fingerprint density at radius 3 is 2.73 bits per heavy atom. The maximum Gasteiger partial charge on any atom is 0.207 e. The zero-order chi connectivity index (χ0) is 7.90. The average molecular weight is 146 g/mol. The van der Waals surface area contributed by atoms with Crippen LogP contribution in [0.15, 0.2) is 24.3 Å². The topological polar surface area (TPSA) is 9.23 Å². The summed E-state index contributed by atoms with van der Waals surface area (Å²) in [7, 11) is 0. The highest BCUT2D eigenvalue weighted by molar-refractivity contribution is 5.44. The quantitative estimate of drug-likeness (QED) is 0.546. The molecule has 1 heterocycles. The van der Waals surface area contributed by atoms with Gasteiger partial charge in [0.1, 0.15) is 5.75 Å². The minimum Gasteiger partial charge on any atom is -0.477 e. The van der Waals surface area contributed by atoms with Crippen LogP contribution in [0, 0.1) is 6.61 Å². The Labute approximate surface area is 67.0 Å². The van der Waals surface area contributed by atoms with Gasteiger partial charge in [-0.15, -0.1) is 0 Å². The van der Waals surface area contributed by atoms with Crippen molar-refractivity contribution in [2.45, 2.75) is 19.3 Å². The Morgan fingerprint density at radius 1 is 1.27 bits per heavy atom. The first kappa shape index (κ1) is 6.71. The third-order valence-corrected chi connectivity index (χ3v) is 1.98. The average Bonchev–Trinajstić information content (AvgIpc) is 2.29. The van der Waals surface area contributed by atoms with Gasteiger partial charge in [-0.25, -0.2) is 0 Å². The molecular weight excluding hydrogens is 136 g/mol. The van der Waals surface area contributed by atoms with Gasteiger partial charge >= 0.3 is 0 Å². The summed E-state index contributed by atoms with van der Waals surface area (Å²) in [5.41, 5.74) is 1.18. The largest absolute Gasteiger partial charge is 0.477 e. The predicted molar refractivity (Wildman–Crippen MR) is 43.3 cm³/mol. The fourth-order valence-electron chi connectivity index (χ4n) is 1.31. The number of fused-ring (bicyclic) bond motifs is 1. The third kappa shape index (κ3) is 0.917. The Morgan fingerprint density at radius 2 is 2.00 bits per heavy atom. The van der Waals surface area contributed by atoms with Crippen LogP contribution in [-0.2, 0) is 5.41 Å². The van der Waals surface area contributed by atoms with Crippen molar-refractivity contribution in [3.05, 3.63) is 36.4 Å². The molecule has 0 saturated heterocycles. The van der Waals surface area contributed by atoms with Gasteiger partial charge in [0.25, 0.3) is 0 Å². The normalized spacial score (nSPS) is 19.1. The van der Waals surface area contributed by atoms with E-state index in [0.717, 1.165) is 5.75 Å². The molecular formula is C10H10O. The van der Waals surface area contributed by atoms with Gasteiger partial charge in [0.05, 0.1) is 0 Å². The molecule has 1 aliphatic rings. The standard InChI is InChI=1S/C10H10O/c1-10(2)7-11-9-6-4-3-5-8(9)10/h3-6H,1-2H3. The van der Waals surface area contributed by atoms with Crippen molar-refractivity contribution in [3.63, 3.8) is 0 Å². The lowest BCUT2D eigenvalue weighted by molar-refractivity contribution is 0.379. The second-order valence-electron chi connectivity index (χ2n) is 3.33. The van der Waals surface area contributed by atoms with Gasteiger partial charge in [-0.1, -0.05) is 32.0 Å². The third-order valence-electron chi connectivity index (χ3n) is 1.98. The smallest absolute Gasteiger partial charge is 0.207 e. The van der Waals surface area contributed by atoms with Crippen LogP contribution in [0.5, 0.6) is 5.75 Å². The Hall–Kier alpha value is -0.980. The molecule has 0 amide bonds. The highest BCUT2D eigenvalue weighted by Gasteiger charge is 2.32. The zero-order valence-corrected chi connectivity index (χ0v) is 6.72. The molecule has 2 rings (SSSR count). The van der Waals surface area contributed by atoms with Crippen LogP contribution < -0.4 is 4.74 Å². The van der Waals surface area contributed by atoms with Crippen LogP contribution in [0.4, 0.5) is 0 Å². The lowest BCUT2D eigenvalue weighted by Gasteiger charge is -2.12. The first-order valence-corrected chi connectivity index (χ1v) is 3.74. The number of rotatable bonds is 0. The van der Waals surface area contributed by atoms with E-state index in [9.17, 15) is 0 Å². The summed E-state index contributed by atoms with van der Waals surface area (Å²) in [6.07, 6.45) is 0. The molecule has 1 heteroatoms. The molecule has 0 N–H and O–H groups in total. The van der Waals surface area contributed by atoms with Crippen LogP contribution in [0.3, 0.4) is 0 Å². The van der Waals surface area contributed by atoms with E-state index < -0.39 is 0 Å². The Balaban J connectivity index is 2.56. The second-order valence-corrected chi connectivity index (χ2v) is 3.33. The van der Waals surface area contributed by atoms with E-state index in [1.807, 2.05) is 18.2 Å². The summed E-state index contributed by atoms with van der Waals surface area (Å²) in [6, 6.07) is 8.05. The molecule has 0 fully saturated rings. The predicted octanol–water partition coefficient (Wildman–Crippen LogP) is 2.40. The maximum atomic E-state index is 5.26. The molecule has 0 unspecified atom stereocenters. The van der Waals surface area contributed by atoms with E-state index in [4.69, 9.17) is 4.74 Å². The van der Waals surface area contributed by atoms with E-state index in [1.54, 1.807) is 0 Å². The van der Waals surface area contributed by atoms with Gasteiger partial charge in [-0.3, -0.25) is 0 Å². The molecule has 56 valence electrons. The molecule has 11 heavy (non-hydrogen) atoms. The van der Waals surface area contributed by atoms with E-state index in [2.05, 4.69) is 26.5 Å². The molecule has 2 radical (unpaired) electrons. The highest BCUT2D eigenvalue weighted by atomic mass is 16.5. The summed E-state index contributed by atoms with van der Waals surface area (Å²) >= 11 is 0. The van der Waals surface area contributed by atoms with E-state index in [0.29, 0.717) is 0 Å². The minimum atomic E-state index is -0.0450. The van der Waals surface area contributed by atoms with Gasteiger partial charge in [0.15, 0.2) is 0 Å². The summed E-state index contributed by atoms with van der Waals surface area (Å²) < 4.78 is 5.26. The number of hydrogen-bond donors (Lipinski definition) is 0. The van der Waals surface area contributed by atoms with Crippen LogP contribution >= 0.6 is 0 Å². The number of para-hydroxylation sites is 1. The van der Waals surface area contributed by atoms with Crippen molar-refractivity contribution >= 4 is 0 Å². The van der Waals surface area contributed by atoms with Crippen molar-refractivity contribution in [2.24, 2.45) is 0 Å². The van der Waals surface area contributed by atoms with Gasteiger partial charge in [0, 0.05) is 11.0 Å². The molecule has 1 aromatic carbocycles. The molecule has 1 aliphatic heterocycles. The molecule has 1 nitrogen and oxygen atoms in total. The van der Waals surface area contributed by atoms with Crippen LogP contribution in [0.2, 0.25) is 0 Å². The minimum absolute atomic E-state index is 0.0450. The van der Waals surface area contributed by atoms with Crippen LogP contribution in [0.1, 0.15) is 19.4 Å². The van der Waals surface area contributed by atoms with Crippen molar-refractivity contribution < 1.29 is 4.74 Å². The van der Waals surface area contributed by atoms with Crippen molar-refractivity contribution in [1.29, 1.82) is 0 Å². The fraction of sp³-hybridized carbons (Fsp3) is 0.300. The van der Waals surface area contributed by atoms with Gasteiger partial charge in [-0.05, 0) is 6.07 Å². The first-order chi connectivity index (χ1) is 5.20. The Bertz CT molecular complexity index is 276. The van der Waals surface area contributed by atoms with Crippen LogP contribution in [0.25, 0.3) is 0 Å². The number of hydrogen-bond acceptors (Lipinski definition) is 1. The second kappa shape index (κ2) is 2.00. The lowest BCUT2D eigenvalue weighted by atomic mass is 9.87. The van der Waals surface area contributed by atoms with E-state index in [-0.39, 0.29) is 5.41 Å². The molecule has 0 spiro atoms. The lowest BCUT2D eigenvalue weighted by Crippen LogP contribution is -2.12. The molecule has 0 bridgehead atoms. The van der Waals surface area contributed by atoms with Crippen LogP contribution in [-0.4, -0.2) is 0 Å². The van der Waals surface area contributed by atoms with Crippen molar-refractivity contribution in [3.8, 4) is 5.75 Å². The van der Waals surface area contributed by atoms with Gasteiger partial charge in [-0.2, -0.15) is 0 Å². The number of benzene rings is 1. The molecule has 1 aromatic rings. The molecule has 0 saturated carbocycles. The molecule has 0 aliphatic carbocycles. The van der Waals surface area contributed by atoms with Crippen molar-refractivity contribution in [1.82, 2.24) is 0 Å². The van der Waals surface area contributed by atoms with Gasteiger partial charge in [0.2, 0.25) is 6.61 Å². The van der Waals surface area contributed by atoms with E-state index >= 15 is 0 Å². The van der Waals surface area contributed by atoms with E-state index in [1.165, 1.54) is 5.56 Å². The maximum absolute atomic E-state index is 5.26. The van der Waals surface area contributed by atoms with Crippen molar-refractivity contribution in [2.75, 3.05) is 0 Å². The molecule has 0 aromatic heterocycles. The first-order valence-electron chi connectivity index (χ1n) is 3.74. The summed E-state index contributed by atoms with van der Waals surface area (Å²) in [4.78, 5) is 0. The zero-order valence-electron chi connectivity index (χ0n) is 6.72. The summed E-state index contributed by atoms with van der Waals surface area (Å²) in [6.45, 7) is 7.15. The fourth-order valence-corrected chi connectivity index (χ4v) is 1.31. The number of ether oxygens (including phenoxy) is 1. The summed E-state index contributed by atoms with van der Waals surface area (Å²) in [5.74, 6) is 0.942. The summed E-state index contributed by atoms with van der Waals surface area (Å²) in [5, 5.41) is 0. The molecule has 0 atom stereocenters. The highest BCUT2D eigenvalue weighted by Crippen LogP contribution is 2.40. The SMILES string of the molecule is CC1(C)[C]Oc2ccccc21.